The first kappa shape index (κ1) is 19.0. The largest absolute Gasteiger partial charge is 0.469 e. The minimum absolute atomic E-state index is 0.0468. The first-order valence-corrected chi connectivity index (χ1v) is 8.36. The molecule has 6 heteroatoms. The molecule has 136 valence electrons. The van der Waals surface area contributed by atoms with E-state index in [1.54, 1.807) is 4.90 Å². The van der Waals surface area contributed by atoms with Crippen LogP contribution in [0.1, 0.15) is 44.7 Å². The summed E-state index contributed by atoms with van der Waals surface area (Å²) in [5.74, 6) is -0.706. The molecular formula is C19H25NO5. The molecular weight excluding hydrogens is 322 g/mol. The van der Waals surface area contributed by atoms with Gasteiger partial charge in [-0.2, -0.15) is 0 Å². The first-order chi connectivity index (χ1) is 11.7. The van der Waals surface area contributed by atoms with Gasteiger partial charge in [-0.1, -0.05) is 24.3 Å². The Balaban J connectivity index is 2.05. The molecule has 1 amide bonds. The number of ether oxygens (including phenoxy) is 2. The molecule has 25 heavy (non-hydrogen) atoms. The Kier molecular flexibility index (Phi) is 5.82. The highest BCUT2D eigenvalue weighted by atomic mass is 16.6. The van der Waals surface area contributed by atoms with Gasteiger partial charge < -0.3 is 14.4 Å². The fraction of sp³-hybridized carbons (Fsp3) is 0.526. The van der Waals surface area contributed by atoms with Crippen LogP contribution >= 0.6 is 0 Å². The number of methoxy groups -OCH3 is 1. The molecule has 1 aliphatic rings. The number of benzene rings is 1. The van der Waals surface area contributed by atoms with E-state index < -0.39 is 11.6 Å². The van der Waals surface area contributed by atoms with Crippen molar-refractivity contribution in [1.29, 1.82) is 0 Å². The van der Waals surface area contributed by atoms with Crippen LogP contribution < -0.4 is 0 Å². The number of amides is 1. The number of rotatable bonds is 5. The molecule has 1 aromatic carbocycles. The predicted molar refractivity (Wildman–Crippen MR) is 91.6 cm³/mol. The van der Waals surface area contributed by atoms with Crippen LogP contribution in [0.2, 0.25) is 0 Å². The molecule has 0 N–H and O–H groups in total. The van der Waals surface area contributed by atoms with E-state index in [1.807, 2.05) is 45.0 Å². The molecule has 1 aliphatic heterocycles. The zero-order valence-corrected chi connectivity index (χ0v) is 15.2. The molecule has 0 radical (unpaired) electrons. The SMILES string of the molecule is COC(=O)Cc1ccc(CN2C(=O)CCC2C(=O)OC(C)(C)C)cc1. The second kappa shape index (κ2) is 7.68. The van der Waals surface area contributed by atoms with E-state index in [0.717, 1.165) is 11.1 Å². The lowest BCUT2D eigenvalue weighted by Gasteiger charge is -2.27. The van der Waals surface area contributed by atoms with E-state index in [-0.39, 0.29) is 24.3 Å². The van der Waals surface area contributed by atoms with Crippen LogP contribution in [0.3, 0.4) is 0 Å². The summed E-state index contributed by atoms with van der Waals surface area (Å²) >= 11 is 0. The standard InChI is InChI=1S/C19H25NO5/c1-19(2,3)25-18(23)15-9-10-16(21)20(15)12-14-7-5-13(6-8-14)11-17(22)24-4/h5-8,15H,9-12H2,1-4H3. The fourth-order valence-electron chi connectivity index (χ4n) is 2.74. The van der Waals surface area contributed by atoms with E-state index >= 15 is 0 Å². The number of carbonyl (C=O) groups is 3. The van der Waals surface area contributed by atoms with Crippen LogP contribution in [0.5, 0.6) is 0 Å². The molecule has 0 aromatic heterocycles. The van der Waals surface area contributed by atoms with Gasteiger partial charge in [0.25, 0.3) is 0 Å². The zero-order valence-electron chi connectivity index (χ0n) is 15.2. The molecule has 0 saturated carbocycles. The van der Waals surface area contributed by atoms with E-state index in [9.17, 15) is 14.4 Å². The van der Waals surface area contributed by atoms with Gasteiger partial charge in [-0.3, -0.25) is 9.59 Å². The van der Waals surface area contributed by atoms with E-state index in [4.69, 9.17) is 4.74 Å². The summed E-state index contributed by atoms with van der Waals surface area (Å²) in [6.45, 7) is 5.78. The summed E-state index contributed by atoms with van der Waals surface area (Å²) in [6, 6.07) is 6.83. The zero-order chi connectivity index (χ0) is 18.6. The Morgan fingerprint density at radius 3 is 2.32 bits per heavy atom. The average Bonchev–Trinajstić information content (AvgIpc) is 2.88. The van der Waals surface area contributed by atoms with Crippen molar-refractivity contribution in [3.05, 3.63) is 35.4 Å². The highest BCUT2D eigenvalue weighted by Gasteiger charge is 2.38. The van der Waals surface area contributed by atoms with Crippen molar-refractivity contribution in [2.75, 3.05) is 7.11 Å². The van der Waals surface area contributed by atoms with Crippen LogP contribution in [0.25, 0.3) is 0 Å². The quantitative estimate of drug-likeness (QED) is 0.764. The Morgan fingerprint density at radius 1 is 1.16 bits per heavy atom. The Morgan fingerprint density at radius 2 is 1.76 bits per heavy atom. The third-order valence-electron chi connectivity index (χ3n) is 3.96. The number of nitrogens with zero attached hydrogens (tertiary/aromatic N) is 1. The van der Waals surface area contributed by atoms with Crippen molar-refractivity contribution in [3.8, 4) is 0 Å². The Hall–Kier alpha value is -2.37. The normalized spacial score (nSPS) is 17.5. The molecule has 0 spiro atoms. The maximum Gasteiger partial charge on any atom is 0.329 e. The predicted octanol–water partition coefficient (Wildman–Crippen LogP) is 2.23. The van der Waals surface area contributed by atoms with Gasteiger partial charge in [-0.05, 0) is 38.3 Å². The van der Waals surface area contributed by atoms with Gasteiger partial charge in [-0.15, -0.1) is 0 Å². The van der Waals surface area contributed by atoms with Gasteiger partial charge in [0, 0.05) is 13.0 Å². The molecule has 0 aliphatic carbocycles. The van der Waals surface area contributed by atoms with Crippen molar-refractivity contribution in [3.63, 3.8) is 0 Å². The molecule has 1 saturated heterocycles. The number of hydrogen-bond donors (Lipinski definition) is 0. The number of hydrogen-bond acceptors (Lipinski definition) is 5. The lowest BCUT2D eigenvalue weighted by Crippen LogP contribution is -2.41. The molecule has 0 bridgehead atoms. The number of esters is 2. The van der Waals surface area contributed by atoms with E-state index in [2.05, 4.69) is 4.74 Å². The number of likely N-dealkylation sites (tertiary alicyclic amines) is 1. The summed E-state index contributed by atoms with van der Waals surface area (Å²) < 4.78 is 10.1. The molecule has 1 fully saturated rings. The average molecular weight is 347 g/mol. The van der Waals surface area contributed by atoms with Crippen LogP contribution in [0.15, 0.2) is 24.3 Å². The monoisotopic (exact) mass is 347 g/mol. The first-order valence-electron chi connectivity index (χ1n) is 8.36. The van der Waals surface area contributed by atoms with Crippen molar-refractivity contribution in [1.82, 2.24) is 4.90 Å². The molecule has 1 heterocycles. The van der Waals surface area contributed by atoms with Gasteiger partial charge >= 0.3 is 11.9 Å². The van der Waals surface area contributed by atoms with Gasteiger partial charge in [0.1, 0.15) is 11.6 Å². The lowest BCUT2D eigenvalue weighted by atomic mass is 10.1. The summed E-state index contributed by atoms with van der Waals surface area (Å²) in [6.07, 6.45) is 1.04. The van der Waals surface area contributed by atoms with E-state index in [1.165, 1.54) is 7.11 Å². The summed E-state index contributed by atoms with van der Waals surface area (Å²) in [4.78, 5) is 37.4. The highest BCUT2D eigenvalue weighted by molar-refractivity contribution is 5.88. The Bertz CT molecular complexity index is 645. The second-order valence-electron chi connectivity index (χ2n) is 7.18. The minimum Gasteiger partial charge on any atom is -0.469 e. The third-order valence-corrected chi connectivity index (χ3v) is 3.96. The van der Waals surface area contributed by atoms with Crippen LogP contribution in [0, 0.1) is 0 Å². The van der Waals surface area contributed by atoms with Crippen molar-refractivity contribution >= 4 is 17.8 Å². The van der Waals surface area contributed by atoms with Crippen molar-refractivity contribution < 1.29 is 23.9 Å². The van der Waals surface area contributed by atoms with Crippen LogP contribution in [0.4, 0.5) is 0 Å². The smallest absolute Gasteiger partial charge is 0.329 e. The fourth-order valence-corrected chi connectivity index (χ4v) is 2.74. The molecule has 1 aromatic rings. The molecule has 6 nitrogen and oxygen atoms in total. The topological polar surface area (TPSA) is 72.9 Å². The summed E-state index contributed by atoms with van der Waals surface area (Å²) in [5.41, 5.74) is 1.16. The molecule has 1 atom stereocenters. The van der Waals surface area contributed by atoms with Gasteiger partial charge in [0.2, 0.25) is 5.91 Å². The maximum absolute atomic E-state index is 12.3. The van der Waals surface area contributed by atoms with Gasteiger partial charge in [0.15, 0.2) is 0 Å². The van der Waals surface area contributed by atoms with Crippen LogP contribution in [-0.4, -0.2) is 41.5 Å². The third kappa shape index (κ3) is 5.31. The van der Waals surface area contributed by atoms with Gasteiger partial charge in [-0.25, -0.2) is 4.79 Å². The number of carbonyl (C=O) groups excluding carboxylic acids is 3. The second-order valence-corrected chi connectivity index (χ2v) is 7.18. The van der Waals surface area contributed by atoms with Gasteiger partial charge in [0.05, 0.1) is 13.5 Å². The highest BCUT2D eigenvalue weighted by Crippen LogP contribution is 2.24. The van der Waals surface area contributed by atoms with Crippen molar-refractivity contribution in [2.45, 2.75) is 58.2 Å². The Labute approximate surface area is 148 Å². The summed E-state index contributed by atoms with van der Waals surface area (Å²) in [5, 5.41) is 0. The minimum atomic E-state index is -0.579. The molecule has 1 unspecified atom stereocenters. The maximum atomic E-state index is 12.3. The lowest BCUT2D eigenvalue weighted by molar-refractivity contribution is -0.162. The van der Waals surface area contributed by atoms with Crippen LogP contribution in [-0.2, 0) is 36.8 Å². The summed E-state index contributed by atoms with van der Waals surface area (Å²) in [7, 11) is 1.35. The van der Waals surface area contributed by atoms with Crippen molar-refractivity contribution in [2.24, 2.45) is 0 Å². The van der Waals surface area contributed by atoms with E-state index in [0.29, 0.717) is 19.4 Å². The molecule has 2 rings (SSSR count).